The molecule has 0 unspecified atom stereocenters. The number of carbonyl (C=O) groups is 1. The molecular formula is C9H15NO. The van der Waals surface area contributed by atoms with Crippen LogP contribution in [0.3, 0.4) is 0 Å². The largest absolute Gasteiger partial charge is 0.356 e. The van der Waals surface area contributed by atoms with Crippen molar-refractivity contribution < 1.29 is 4.79 Å². The summed E-state index contributed by atoms with van der Waals surface area (Å²) in [5.41, 5.74) is 2.14. The predicted octanol–water partition coefficient (Wildman–Crippen LogP) is 1.64. The van der Waals surface area contributed by atoms with Crippen LogP contribution < -0.4 is 5.32 Å². The van der Waals surface area contributed by atoms with Gasteiger partial charge in [-0.3, -0.25) is 4.79 Å². The number of allylic oxidation sites excluding steroid dienone is 3. The smallest absolute Gasteiger partial charge is 0.243 e. The standard InChI is InChI=1S/C9H15NO/c1-5-7(2)8(3)6-9(11)10-4/h5-6H,1-4H3,(H,10,11)/b7-5-,8-6-. The first kappa shape index (κ1) is 9.95. The van der Waals surface area contributed by atoms with Crippen molar-refractivity contribution in [1.82, 2.24) is 5.32 Å². The van der Waals surface area contributed by atoms with Gasteiger partial charge in [0.15, 0.2) is 0 Å². The third kappa shape index (κ3) is 3.61. The van der Waals surface area contributed by atoms with Crippen molar-refractivity contribution in [2.45, 2.75) is 20.8 Å². The molecule has 0 aliphatic heterocycles. The quantitative estimate of drug-likeness (QED) is 0.474. The first-order chi connectivity index (χ1) is 5.11. The molecule has 0 aromatic carbocycles. The highest BCUT2D eigenvalue weighted by Crippen LogP contribution is 2.06. The van der Waals surface area contributed by atoms with Crippen molar-refractivity contribution >= 4 is 5.91 Å². The molecule has 0 aromatic heterocycles. The summed E-state index contributed by atoms with van der Waals surface area (Å²) in [6.45, 7) is 5.86. The van der Waals surface area contributed by atoms with Gasteiger partial charge in [-0.15, -0.1) is 0 Å². The van der Waals surface area contributed by atoms with Gasteiger partial charge in [-0.2, -0.15) is 0 Å². The number of hydrogen-bond acceptors (Lipinski definition) is 1. The van der Waals surface area contributed by atoms with Crippen LogP contribution in [0.15, 0.2) is 23.3 Å². The summed E-state index contributed by atoms with van der Waals surface area (Å²) < 4.78 is 0. The fraction of sp³-hybridized carbons (Fsp3) is 0.444. The molecule has 1 amide bonds. The van der Waals surface area contributed by atoms with E-state index in [9.17, 15) is 4.79 Å². The Morgan fingerprint density at radius 1 is 1.27 bits per heavy atom. The molecular weight excluding hydrogens is 138 g/mol. The highest BCUT2D eigenvalue weighted by molar-refractivity contribution is 5.88. The normalized spacial score (nSPS) is 13.1. The number of hydrogen-bond donors (Lipinski definition) is 1. The average molecular weight is 153 g/mol. The second-order valence-electron chi connectivity index (χ2n) is 2.41. The Bertz CT molecular complexity index is 202. The fourth-order valence-corrected chi connectivity index (χ4v) is 0.610. The number of carbonyl (C=O) groups excluding carboxylic acids is 1. The van der Waals surface area contributed by atoms with E-state index in [1.165, 1.54) is 0 Å². The molecule has 1 N–H and O–H groups in total. The first-order valence-electron chi connectivity index (χ1n) is 3.65. The van der Waals surface area contributed by atoms with E-state index in [2.05, 4.69) is 5.32 Å². The summed E-state index contributed by atoms with van der Waals surface area (Å²) >= 11 is 0. The van der Waals surface area contributed by atoms with E-state index < -0.39 is 0 Å². The van der Waals surface area contributed by atoms with E-state index in [1.807, 2.05) is 26.8 Å². The lowest BCUT2D eigenvalue weighted by Crippen LogP contribution is -2.14. The molecule has 0 rings (SSSR count). The molecule has 0 aromatic rings. The zero-order chi connectivity index (χ0) is 8.85. The van der Waals surface area contributed by atoms with Crippen molar-refractivity contribution in [2.75, 3.05) is 7.05 Å². The van der Waals surface area contributed by atoms with Crippen LogP contribution in [0.5, 0.6) is 0 Å². The lowest BCUT2D eigenvalue weighted by atomic mass is 10.1. The van der Waals surface area contributed by atoms with Crippen LogP contribution in [0.25, 0.3) is 0 Å². The van der Waals surface area contributed by atoms with E-state index >= 15 is 0 Å². The zero-order valence-electron chi connectivity index (χ0n) is 7.56. The summed E-state index contributed by atoms with van der Waals surface area (Å²) in [7, 11) is 1.62. The Hall–Kier alpha value is -1.05. The third-order valence-corrected chi connectivity index (χ3v) is 1.65. The molecule has 0 bridgehead atoms. The molecule has 0 fully saturated rings. The predicted molar refractivity (Wildman–Crippen MR) is 47.3 cm³/mol. The Morgan fingerprint density at radius 2 is 1.82 bits per heavy atom. The number of nitrogens with one attached hydrogen (secondary N) is 1. The maximum Gasteiger partial charge on any atom is 0.243 e. The van der Waals surface area contributed by atoms with E-state index in [-0.39, 0.29) is 5.91 Å². The average Bonchev–Trinajstić information content (AvgIpc) is 2.02. The van der Waals surface area contributed by atoms with Crippen LogP contribution in [0.4, 0.5) is 0 Å². The Morgan fingerprint density at radius 3 is 2.18 bits per heavy atom. The highest BCUT2D eigenvalue weighted by atomic mass is 16.1. The van der Waals surface area contributed by atoms with Crippen LogP contribution in [0.2, 0.25) is 0 Å². The van der Waals surface area contributed by atoms with Gasteiger partial charge in [-0.1, -0.05) is 11.6 Å². The first-order valence-corrected chi connectivity index (χ1v) is 3.65. The van der Waals surface area contributed by atoms with Gasteiger partial charge in [-0.05, 0) is 26.3 Å². The fourth-order valence-electron chi connectivity index (χ4n) is 0.610. The molecule has 2 heteroatoms. The van der Waals surface area contributed by atoms with Gasteiger partial charge in [0.25, 0.3) is 0 Å². The minimum atomic E-state index is -0.0521. The zero-order valence-corrected chi connectivity index (χ0v) is 7.56. The molecule has 0 saturated carbocycles. The van der Waals surface area contributed by atoms with Crippen molar-refractivity contribution in [3.05, 3.63) is 23.3 Å². The van der Waals surface area contributed by atoms with Crippen LogP contribution in [0, 0.1) is 0 Å². The van der Waals surface area contributed by atoms with Crippen LogP contribution in [-0.2, 0) is 4.79 Å². The van der Waals surface area contributed by atoms with Crippen LogP contribution >= 0.6 is 0 Å². The van der Waals surface area contributed by atoms with Gasteiger partial charge >= 0.3 is 0 Å². The summed E-state index contributed by atoms with van der Waals surface area (Å²) in [5, 5.41) is 2.53. The van der Waals surface area contributed by atoms with Gasteiger partial charge < -0.3 is 5.32 Å². The molecule has 0 saturated heterocycles. The SMILES string of the molecule is C/C=C(C)\C(C)=C/C(=O)NC. The second-order valence-corrected chi connectivity index (χ2v) is 2.41. The lowest BCUT2D eigenvalue weighted by Gasteiger charge is -1.98. The van der Waals surface area contributed by atoms with Crippen molar-refractivity contribution in [3.8, 4) is 0 Å². The topological polar surface area (TPSA) is 29.1 Å². The molecule has 0 atom stereocenters. The van der Waals surface area contributed by atoms with E-state index in [0.717, 1.165) is 11.1 Å². The summed E-state index contributed by atoms with van der Waals surface area (Å²) in [6, 6.07) is 0. The third-order valence-electron chi connectivity index (χ3n) is 1.65. The molecule has 0 heterocycles. The monoisotopic (exact) mass is 153 g/mol. The Balaban J connectivity index is 4.34. The summed E-state index contributed by atoms with van der Waals surface area (Å²) in [6.07, 6.45) is 3.57. The maximum atomic E-state index is 10.8. The molecule has 0 aliphatic rings. The summed E-state index contributed by atoms with van der Waals surface area (Å²) in [5.74, 6) is -0.0521. The van der Waals surface area contributed by atoms with Gasteiger partial charge in [0.1, 0.15) is 0 Å². The minimum Gasteiger partial charge on any atom is -0.356 e. The van der Waals surface area contributed by atoms with Crippen molar-refractivity contribution in [1.29, 1.82) is 0 Å². The molecule has 62 valence electrons. The molecule has 0 aliphatic carbocycles. The van der Waals surface area contributed by atoms with Crippen LogP contribution in [-0.4, -0.2) is 13.0 Å². The maximum absolute atomic E-state index is 10.8. The molecule has 0 spiro atoms. The van der Waals surface area contributed by atoms with Crippen molar-refractivity contribution in [2.24, 2.45) is 0 Å². The molecule has 2 nitrogen and oxygen atoms in total. The molecule has 11 heavy (non-hydrogen) atoms. The van der Waals surface area contributed by atoms with Crippen LogP contribution in [0.1, 0.15) is 20.8 Å². The molecule has 0 radical (unpaired) electrons. The van der Waals surface area contributed by atoms with Gasteiger partial charge in [-0.25, -0.2) is 0 Å². The Labute approximate surface area is 68.0 Å². The highest BCUT2D eigenvalue weighted by Gasteiger charge is 1.94. The minimum absolute atomic E-state index is 0.0521. The van der Waals surface area contributed by atoms with Gasteiger partial charge in [0, 0.05) is 13.1 Å². The van der Waals surface area contributed by atoms with Gasteiger partial charge in [0.2, 0.25) is 5.91 Å². The van der Waals surface area contributed by atoms with E-state index in [4.69, 9.17) is 0 Å². The van der Waals surface area contributed by atoms with E-state index in [0.29, 0.717) is 0 Å². The number of rotatable bonds is 2. The Kier molecular flexibility index (Phi) is 4.27. The number of amides is 1. The number of likely N-dealkylation sites (N-methyl/N-ethyl adjacent to an activating group) is 1. The van der Waals surface area contributed by atoms with E-state index in [1.54, 1.807) is 13.1 Å². The summed E-state index contributed by atoms with van der Waals surface area (Å²) in [4.78, 5) is 10.8. The lowest BCUT2D eigenvalue weighted by molar-refractivity contribution is -0.116. The van der Waals surface area contributed by atoms with Gasteiger partial charge in [0.05, 0.1) is 0 Å². The second kappa shape index (κ2) is 4.72. The van der Waals surface area contributed by atoms with Crippen molar-refractivity contribution in [3.63, 3.8) is 0 Å².